The van der Waals surface area contributed by atoms with E-state index in [1.54, 1.807) is 0 Å². The van der Waals surface area contributed by atoms with E-state index in [0.29, 0.717) is 0 Å². The first kappa shape index (κ1) is 10.1. The molecule has 0 atom stereocenters. The minimum atomic E-state index is 1.26. The minimum absolute atomic E-state index is 1.26. The molecule has 10 heavy (non-hydrogen) atoms. The molecule has 0 rings (SSSR count). The van der Waals surface area contributed by atoms with Crippen molar-refractivity contribution in [3.05, 3.63) is 17.4 Å². The van der Waals surface area contributed by atoms with E-state index >= 15 is 0 Å². The molecular formula is C9H17S. The van der Waals surface area contributed by atoms with Gasteiger partial charge in [0.1, 0.15) is 0 Å². The van der Waals surface area contributed by atoms with Gasteiger partial charge in [-0.05, 0) is 32.4 Å². The van der Waals surface area contributed by atoms with Gasteiger partial charge in [0.2, 0.25) is 0 Å². The van der Waals surface area contributed by atoms with Gasteiger partial charge in [-0.15, -0.1) is 0 Å². The number of rotatable bonds is 5. The maximum absolute atomic E-state index is 2.19. The van der Waals surface area contributed by atoms with E-state index in [1.807, 2.05) is 11.8 Å². The van der Waals surface area contributed by atoms with Gasteiger partial charge in [-0.1, -0.05) is 18.6 Å². The van der Waals surface area contributed by atoms with Crippen molar-refractivity contribution in [2.45, 2.75) is 33.6 Å². The highest BCUT2D eigenvalue weighted by Gasteiger charge is 1.88. The Labute approximate surface area is 69.1 Å². The van der Waals surface area contributed by atoms with Crippen molar-refractivity contribution < 1.29 is 0 Å². The molecule has 59 valence electrons. The van der Waals surface area contributed by atoms with Gasteiger partial charge in [0.15, 0.2) is 0 Å². The molecule has 0 spiro atoms. The quantitative estimate of drug-likeness (QED) is 0.433. The topological polar surface area (TPSA) is 0 Å². The molecule has 0 N–H and O–H groups in total. The lowest BCUT2D eigenvalue weighted by molar-refractivity contribution is 0.914. The maximum atomic E-state index is 2.19. The summed E-state index contributed by atoms with van der Waals surface area (Å²) in [4.78, 5) is 0. The average molecular weight is 157 g/mol. The van der Waals surface area contributed by atoms with Crippen LogP contribution in [0.5, 0.6) is 0 Å². The first-order chi connectivity index (χ1) is 4.81. The van der Waals surface area contributed by atoms with Crippen molar-refractivity contribution >= 4 is 11.8 Å². The largest absolute Gasteiger partial charge is 0.158 e. The summed E-state index contributed by atoms with van der Waals surface area (Å²) in [6, 6.07) is 0. The fraction of sp³-hybridized carbons (Fsp3) is 0.667. The molecule has 1 radical (unpaired) electrons. The maximum Gasteiger partial charge on any atom is 0.0135 e. The van der Waals surface area contributed by atoms with Gasteiger partial charge in [-0.25, -0.2) is 0 Å². The summed E-state index contributed by atoms with van der Waals surface area (Å²) >= 11 is 1.91. The first-order valence-electron chi connectivity index (χ1n) is 3.82. The lowest BCUT2D eigenvalue weighted by Gasteiger charge is -1.98. The predicted molar refractivity (Wildman–Crippen MR) is 51.1 cm³/mol. The molecule has 0 aliphatic carbocycles. The predicted octanol–water partition coefficient (Wildman–Crippen LogP) is 3.65. The zero-order valence-electron chi connectivity index (χ0n) is 7.18. The normalized spacial score (nSPS) is 12.1. The highest BCUT2D eigenvalue weighted by Crippen LogP contribution is 2.10. The Kier molecular flexibility index (Phi) is 7.26. The number of hydrogen-bond donors (Lipinski definition) is 0. The van der Waals surface area contributed by atoms with Gasteiger partial charge >= 0.3 is 0 Å². The van der Waals surface area contributed by atoms with E-state index in [1.165, 1.54) is 24.2 Å². The fourth-order valence-electron chi connectivity index (χ4n) is 0.697. The van der Waals surface area contributed by atoms with Crippen LogP contribution in [0.4, 0.5) is 0 Å². The fourth-order valence-corrected chi connectivity index (χ4v) is 1.24. The summed E-state index contributed by atoms with van der Waals surface area (Å²) in [6.45, 7) is 6.39. The Hall–Kier alpha value is 0.0900. The highest BCUT2D eigenvalue weighted by atomic mass is 32.2. The van der Waals surface area contributed by atoms with Crippen molar-refractivity contribution in [2.24, 2.45) is 0 Å². The summed E-state index contributed by atoms with van der Waals surface area (Å²) < 4.78 is 0. The van der Waals surface area contributed by atoms with E-state index in [2.05, 4.69) is 32.6 Å². The molecule has 0 aromatic heterocycles. The summed E-state index contributed by atoms with van der Waals surface area (Å²) in [7, 11) is 0. The van der Waals surface area contributed by atoms with E-state index in [9.17, 15) is 0 Å². The zero-order chi connectivity index (χ0) is 7.82. The van der Waals surface area contributed by atoms with E-state index < -0.39 is 0 Å². The van der Waals surface area contributed by atoms with Gasteiger partial charge in [-0.2, -0.15) is 11.8 Å². The zero-order valence-corrected chi connectivity index (χ0v) is 8.00. The molecule has 0 heterocycles. The SMILES string of the molecule is C[CH]SCCC/C(C)=C/C. The van der Waals surface area contributed by atoms with Crippen LogP contribution in [-0.2, 0) is 0 Å². The van der Waals surface area contributed by atoms with Crippen LogP contribution in [0.3, 0.4) is 0 Å². The van der Waals surface area contributed by atoms with Crippen molar-refractivity contribution in [1.82, 2.24) is 0 Å². The molecular weight excluding hydrogens is 140 g/mol. The standard InChI is InChI=1S/C9H17S/c1-4-9(3)7-6-8-10-5-2/h4-5H,6-8H2,1-3H3/b9-4+. The van der Waals surface area contributed by atoms with Crippen LogP contribution in [0.25, 0.3) is 0 Å². The van der Waals surface area contributed by atoms with Crippen LogP contribution in [0, 0.1) is 5.75 Å². The Morgan fingerprint density at radius 1 is 1.40 bits per heavy atom. The molecule has 0 saturated carbocycles. The summed E-state index contributed by atoms with van der Waals surface area (Å²) in [5, 5.41) is 0. The smallest absolute Gasteiger partial charge is 0.0135 e. The average Bonchev–Trinajstić information content (AvgIpc) is 1.98. The Bertz CT molecular complexity index is 94.9. The molecule has 0 aromatic carbocycles. The van der Waals surface area contributed by atoms with Gasteiger partial charge < -0.3 is 0 Å². The second-order valence-electron chi connectivity index (χ2n) is 2.35. The van der Waals surface area contributed by atoms with Crippen LogP contribution in [0.15, 0.2) is 11.6 Å². The lowest BCUT2D eigenvalue weighted by atomic mass is 10.2. The van der Waals surface area contributed by atoms with E-state index in [0.717, 1.165) is 0 Å². The number of allylic oxidation sites excluding steroid dienone is 2. The second-order valence-corrected chi connectivity index (χ2v) is 3.56. The van der Waals surface area contributed by atoms with E-state index in [-0.39, 0.29) is 0 Å². The first-order valence-corrected chi connectivity index (χ1v) is 4.87. The molecule has 0 bridgehead atoms. The van der Waals surface area contributed by atoms with Crippen LogP contribution >= 0.6 is 11.8 Å². The lowest BCUT2D eigenvalue weighted by Crippen LogP contribution is -1.80. The minimum Gasteiger partial charge on any atom is -0.158 e. The van der Waals surface area contributed by atoms with Crippen molar-refractivity contribution in [3.8, 4) is 0 Å². The molecule has 0 aliphatic heterocycles. The third kappa shape index (κ3) is 6.21. The number of thioether (sulfide) groups is 1. The molecule has 1 heteroatoms. The summed E-state index contributed by atoms with van der Waals surface area (Å²) in [5.41, 5.74) is 1.51. The molecule has 0 unspecified atom stereocenters. The second kappa shape index (κ2) is 7.20. The molecule has 0 fully saturated rings. The summed E-state index contributed by atoms with van der Waals surface area (Å²) in [5.74, 6) is 3.42. The Morgan fingerprint density at radius 3 is 2.60 bits per heavy atom. The van der Waals surface area contributed by atoms with E-state index in [4.69, 9.17) is 0 Å². The third-order valence-corrected chi connectivity index (χ3v) is 2.35. The van der Waals surface area contributed by atoms with Gasteiger partial charge in [-0.3, -0.25) is 0 Å². The molecule has 0 aromatic rings. The molecule has 0 amide bonds. The van der Waals surface area contributed by atoms with Crippen LogP contribution < -0.4 is 0 Å². The molecule has 0 nitrogen and oxygen atoms in total. The van der Waals surface area contributed by atoms with Gasteiger partial charge in [0.25, 0.3) is 0 Å². The van der Waals surface area contributed by atoms with Crippen LogP contribution in [0.1, 0.15) is 33.6 Å². The Morgan fingerprint density at radius 2 is 2.10 bits per heavy atom. The van der Waals surface area contributed by atoms with Crippen molar-refractivity contribution in [3.63, 3.8) is 0 Å². The third-order valence-electron chi connectivity index (χ3n) is 1.49. The molecule has 0 aliphatic rings. The van der Waals surface area contributed by atoms with Crippen LogP contribution in [-0.4, -0.2) is 5.75 Å². The van der Waals surface area contributed by atoms with Crippen molar-refractivity contribution in [1.29, 1.82) is 0 Å². The summed E-state index contributed by atoms with van der Waals surface area (Å²) in [6.07, 6.45) is 4.77. The van der Waals surface area contributed by atoms with Gasteiger partial charge in [0, 0.05) is 5.75 Å². The Balaban J connectivity index is 3.04. The van der Waals surface area contributed by atoms with Crippen LogP contribution in [0.2, 0.25) is 0 Å². The number of hydrogen-bond acceptors (Lipinski definition) is 1. The monoisotopic (exact) mass is 157 g/mol. The highest BCUT2D eigenvalue weighted by molar-refractivity contribution is 8.01. The van der Waals surface area contributed by atoms with Crippen molar-refractivity contribution in [2.75, 3.05) is 5.75 Å². The van der Waals surface area contributed by atoms with Gasteiger partial charge in [0.05, 0.1) is 0 Å². The molecule has 0 saturated heterocycles.